The molecule has 0 radical (unpaired) electrons. The molecular weight excluding hydrogens is 345 g/mol. The van der Waals surface area contributed by atoms with Gasteiger partial charge in [0.15, 0.2) is 5.11 Å². The molecule has 0 atom stereocenters. The summed E-state index contributed by atoms with van der Waals surface area (Å²) in [5.41, 5.74) is 5.17. The average molecular weight is 362 g/mol. The first-order chi connectivity index (χ1) is 10.4. The van der Waals surface area contributed by atoms with Gasteiger partial charge in [-0.15, -0.1) is 0 Å². The molecule has 0 saturated carbocycles. The maximum absolute atomic E-state index is 11.9. The summed E-state index contributed by atoms with van der Waals surface area (Å²) in [5.74, 6) is -0.655. The Morgan fingerprint density at radius 3 is 2.32 bits per heavy atom. The lowest BCUT2D eigenvalue weighted by molar-refractivity contribution is -0.121. The molecule has 0 aliphatic rings. The van der Waals surface area contributed by atoms with Crippen LogP contribution in [0.4, 0.5) is 0 Å². The molecule has 0 heterocycles. The lowest BCUT2D eigenvalue weighted by Crippen LogP contribution is -2.48. The summed E-state index contributed by atoms with van der Waals surface area (Å²) in [4.78, 5) is 23.4. The number of benzene rings is 1. The van der Waals surface area contributed by atoms with Crippen LogP contribution in [0.5, 0.6) is 0 Å². The number of hydrogen-bond acceptors (Lipinski definition) is 3. The van der Waals surface area contributed by atoms with Crippen molar-refractivity contribution >= 4 is 52.3 Å². The van der Waals surface area contributed by atoms with Crippen LogP contribution in [-0.2, 0) is 4.79 Å². The first kappa shape index (κ1) is 18.7. The number of hydrazine groups is 1. The van der Waals surface area contributed by atoms with E-state index in [1.807, 2.05) is 0 Å². The molecule has 1 aromatic carbocycles. The zero-order chi connectivity index (χ0) is 16.5. The average Bonchev–Trinajstić information content (AvgIpc) is 2.44. The Morgan fingerprint density at radius 1 is 1.09 bits per heavy atom. The van der Waals surface area contributed by atoms with Crippen LogP contribution in [0.25, 0.3) is 0 Å². The minimum atomic E-state index is -0.470. The zero-order valence-electron chi connectivity index (χ0n) is 12.0. The quantitative estimate of drug-likeness (QED) is 0.427. The second kappa shape index (κ2) is 9.61. The van der Waals surface area contributed by atoms with Crippen LogP contribution in [0, 0.1) is 0 Å². The molecule has 5 nitrogen and oxygen atoms in total. The maximum atomic E-state index is 11.9. The monoisotopic (exact) mass is 361 g/mol. The van der Waals surface area contributed by atoms with Gasteiger partial charge in [0.1, 0.15) is 0 Å². The van der Waals surface area contributed by atoms with E-state index in [-0.39, 0.29) is 16.6 Å². The predicted octanol–water partition coefficient (Wildman–Crippen LogP) is 3.21. The van der Waals surface area contributed by atoms with E-state index in [4.69, 9.17) is 35.4 Å². The molecule has 0 fully saturated rings. The van der Waals surface area contributed by atoms with Gasteiger partial charge in [-0.1, -0.05) is 43.0 Å². The second-order valence-corrected chi connectivity index (χ2v) is 5.85. The molecule has 120 valence electrons. The van der Waals surface area contributed by atoms with Crippen molar-refractivity contribution in [1.29, 1.82) is 0 Å². The van der Waals surface area contributed by atoms with Crippen LogP contribution < -0.4 is 16.2 Å². The van der Waals surface area contributed by atoms with Crippen LogP contribution >= 0.6 is 35.4 Å². The number of thiocarbonyl (C=S) groups is 1. The van der Waals surface area contributed by atoms with Crippen molar-refractivity contribution in [2.45, 2.75) is 32.6 Å². The number of rotatable bonds is 5. The normalized spacial score (nSPS) is 9.95. The standard InChI is InChI=1S/C14H17Cl2N3O2S/c1-2-3-4-5-12(20)18-19-14(22)17-13(21)9-6-10(15)8-11(16)7-9/h6-8H,2-5H2,1H3,(H,18,20)(H2,17,19,21,22). The smallest absolute Gasteiger partial charge is 0.257 e. The highest BCUT2D eigenvalue weighted by atomic mass is 35.5. The zero-order valence-corrected chi connectivity index (χ0v) is 14.4. The van der Waals surface area contributed by atoms with Gasteiger partial charge in [0.2, 0.25) is 5.91 Å². The van der Waals surface area contributed by atoms with Crippen molar-refractivity contribution < 1.29 is 9.59 Å². The van der Waals surface area contributed by atoms with Gasteiger partial charge in [-0.05, 0) is 36.8 Å². The first-order valence-electron chi connectivity index (χ1n) is 6.78. The molecular formula is C14H17Cl2N3O2S. The van der Waals surface area contributed by atoms with Gasteiger partial charge < -0.3 is 0 Å². The van der Waals surface area contributed by atoms with E-state index < -0.39 is 5.91 Å². The fraction of sp³-hybridized carbons (Fsp3) is 0.357. The minimum absolute atomic E-state index is 0.00932. The molecule has 0 aromatic heterocycles. The molecule has 1 aromatic rings. The lowest BCUT2D eigenvalue weighted by Gasteiger charge is -2.11. The van der Waals surface area contributed by atoms with E-state index in [1.54, 1.807) is 0 Å². The molecule has 22 heavy (non-hydrogen) atoms. The van der Waals surface area contributed by atoms with E-state index >= 15 is 0 Å². The largest absolute Gasteiger partial charge is 0.298 e. The molecule has 2 amide bonds. The molecule has 0 saturated heterocycles. The fourth-order valence-corrected chi connectivity index (χ4v) is 2.29. The van der Waals surface area contributed by atoms with Gasteiger partial charge in [-0.3, -0.25) is 25.8 Å². The lowest BCUT2D eigenvalue weighted by atomic mass is 10.2. The molecule has 0 bridgehead atoms. The molecule has 0 spiro atoms. The predicted molar refractivity (Wildman–Crippen MR) is 91.9 cm³/mol. The van der Waals surface area contributed by atoms with Crippen LogP contribution in [0.15, 0.2) is 18.2 Å². The van der Waals surface area contributed by atoms with Crippen LogP contribution in [0.2, 0.25) is 10.0 Å². The van der Waals surface area contributed by atoms with Crippen LogP contribution in [0.1, 0.15) is 43.0 Å². The molecule has 1 rings (SSSR count). The highest BCUT2D eigenvalue weighted by Gasteiger charge is 2.10. The van der Waals surface area contributed by atoms with Crippen LogP contribution in [-0.4, -0.2) is 16.9 Å². The van der Waals surface area contributed by atoms with E-state index in [0.29, 0.717) is 16.5 Å². The summed E-state index contributed by atoms with van der Waals surface area (Å²) in [5, 5.41) is 3.11. The van der Waals surface area contributed by atoms with E-state index in [9.17, 15) is 9.59 Å². The Kier molecular flexibility index (Phi) is 8.16. The van der Waals surface area contributed by atoms with Crippen molar-refractivity contribution in [3.63, 3.8) is 0 Å². The van der Waals surface area contributed by atoms with Gasteiger partial charge in [0.25, 0.3) is 5.91 Å². The van der Waals surface area contributed by atoms with Crippen molar-refractivity contribution in [2.75, 3.05) is 0 Å². The summed E-state index contributed by atoms with van der Waals surface area (Å²) >= 11 is 16.6. The minimum Gasteiger partial charge on any atom is -0.298 e. The number of hydrogen-bond donors (Lipinski definition) is 3. The van der Waals surface area contributed by atoms with Crippen molar-refractivity contribution in [2.24, 2.45) is 0 Å². The summed E-state index contributed by atoms with van der Waals surface area (Å²) in [6.07, 6.45) is 3.24. The Morgan fingerprint density at radius 2 is 1.73 bits per heavy atom. The number of amides is 2. The number of carbonyl (C=O) groups is 2. The second-order valence-electron chi connectivity index (χ2n) is 4.57. The number of carbonyl (C=O) groups excluding carboxylic acids is 2. The Balaban J connectivity index is 2.41. The molecule has 3 N–H and O–H groups in total. The third-order valence-electron chi connectivity index (χ3n) is 2.67. The molecule has 0 aliphatic heterocycles. The maximum Gasteiger partial charge on any atom is 0.257 e. The van der Waals surface area contributed by atoms with Crippen molar-refractivity contribution in [3.05, 3.63) is 33.8 Å². The molecule has 8 heteroatoms. The summed E-state index contributed by atoms with van der Waals surface area (Å²) in [7, 11) is 0. The van der Waals surface area contributed by atoms with Gasteiger partial charge in [-0.25, -0.2) is 0 Å². The topological polar surface area (TPSA) is 70.2 Å². The van der Waals surface area contributed by atoms with Gasteiger partial charge in [-0.2, -0.15) is 0 Å². The third kappa shape index (κ3) is 7.06. The van der Waals surface area contributed by atoms with Crippen molar-refractivity contribution in [1.82, 2.24) is 16.2 Å². The number of nitrogens with one attached hydrogen (secondary N) is 3. The number of halogens is 2. The van der Waals surface area contributed by atoms with E-state index in [2.05, 4.69) is 23.1 Å². The van der Waals surface area contributed by atoms with Crippen LogP contribution in [0.3, 0.4) is 0 Å². The SMILES string of the molecule is CCCCCC(=O)NNC(=S)NC(=O)c1cc(Cl)cc(Cl)c1. The third-order valence-corrected chi connectivity index (χ3v) is 3.32. The molecule has 0 aliphatic carbocycles. The highest BCUT2D eigenvalue weighted by molar-refractivity contribution is 7.80. The Labute approximate surface area is 144 Å². The van der Waals surface area contributed by atoms with Gasteiger partial charge in [0, 0.05) is 22.0 Å². The Bertz CT molecular complexity index is 547. The summed E-state index contributed by atoms with van der Waals surface area (Å²) < 4.78 is 0. The van der Waals surface area contributed by atoms with E-state index in [1.165, 1.54) is 18.2 Å². The highest BCUT2D eigenvalue weighted by Crippen LogP contribution is 2.18. The summed E-state index contributed by atoms with van der Waals surface area (Å²) in [6, 6.07) is 4.45. The van der Waals surface area contributed by atoms with Gasteiger partial charge >= 0.3 is 0 Å². The van der Waals surface area contributed by atoms with E-state index in [0.717, 1.165) is 19.3 Å². The Hall–Kier alpha value is -1.37. The molecule has 0 unspecified atom stereocenters. The van der Waals surface area contributed by atoms with Gasteiger partial charge in [0.05, 0.1) is 0 Å². The fourth-order valence-electron chi connectivity index (χ4n) is 1.62. The van der Waals surface area contributed by atoms with Crippen molar-refractivity contribution in [3.8, 4) is 0 Å². The first-order valence-corrected chi connectivity index (χ1v) is 7.95. The number of unbranched alkanes of at least 4 members (excludes halogenated alkanes) is 2. The summed E-state index contributed by atoms with van der Waals surface area (Å²) in [6.45, 7) is 2.06.